The van der Waals surface area contributed by atoms with Gasteiger partial charge in [-0.1, -0.05) is 0 Å². The lowest BCUT2D eigenvalue weighted by Gasteiger charge is -2.24. The second-order valence-electron chi connectivity index (χ2n) is 9.19. The maximum absolute atomic E-state index is 10.2. The highest BCUT2D eigenvalue weighted by Gasteiger charge is 2.29. The Labute approximate surface area is 188 Å². The number of rotatable bonds is 7. The van der Waals surface area contributed by atoms with Crippen LogP contribution >= 0.6 is 0 Å². The third-order valence-electron chi connectivity index (χ3n) is 5.98. The summed E-state index contributed by atoms with van der Waals surface area (Å²) in [4.78, 5) is 8.71. The first-order chi connectivity index (χ1) is 15.5. The van der Waals surface area contributed by atoms with E-state index in [2.05, 4.69) is 31.3 Å². The zero-order valence-electron chi connectivity index (χ0n) is 18.6. The number of nitrogens with zero attached hydrogens (tertiary/aromatic N) is 4. The molecule has 3 aromatic heterocycles. The molecule has 0 bridgehead atoms. The van der Waals surface area contributed by atoms with Crippen molar-refractivity contribution < 1.29 is 9.84 Å². The summed E-state index contributed by atoms with van der Waals surface area (Å²) < 4.78 is 7.70. The van der Waals surface area contributed by atoms with E-state index in [9.17, 15) is 5.11 Å². The Morgan fingerprint density at radius 2 is 1.69 bits per heavy atom. The zero-order chi connectivity index (χ0) is 22.1. The van der Waals surface area contributed by atoms with Crippen LogP contribution in [-0.2, 0) is 10.3 Å². The standard InChI is InChI=1S/C24H30N6O2/c1-24(2,31)21-13-17(5-9-25-21)27-22-14-18(6-10-26-22)28-23-15-20(16-3-4-16)29-30(23)19-7-11-32-12-8-19/h5-6,9-10,13-16,19,31H,3-4,7-8,11-12H2,1-2H3,(H2,25,26,27,28). The van der Waals surface area contributed by atoms with Crippen LogP contribution in [0.15, 0.2) is 42.7 Å². The second-order valence-corrected chi connectivity index (χ2v) is 9.19. The average Bonchev–Trinajstić information content (AvgIpc) is 3.55. The van der Waals surface area contributed by atoms with Crippen LogP contribution in [0.5, 0.6) is 0 Å². The molecule has 1 saturated heterocycles. The lowest BCUT2D eigenvalue weighted by Crippen LogP contribution is -2.21. The predicted octanol–water partition coefficient (Wildman–Crippen LogP) is 4.62. The monoisotopic (exact) mass is 434 g/mol. The number of hydrogen-bond acceptors (Lipinski definition) is 7. The molecule has 0 amide bonds. The number of pyridine rings is 2. The smallest absolute Gasteiger partial charge is 0.132 e. The first-order valence-electron chi connectivity index (χ1n) is 11.3. The quantitative estimate of drug-likeness (QED) is 0.499. The minimum Gasteiger partial charge on any atom is -0.384 e. The molecule has 2 aliphatic rings. The van der Waals surface area contributed by atoms with E-state index in [1.54, 1.807) is 26.2 Å². The predicted molar refractivity (Wildman–Crippen MR) is 124 cm³/mol. The molecule has 8 nitrogen and oxygen atoms in total. The molecule has 168 valence electrons. The van der Waals surface area contributed by atoms with Crippen molar-refractivity contribution in [2.45, 2.75) is 57.1 Å². The van der Waals surface area contributed by atoms with Crippen molar-refractivity contribution in [2.24, 2.45) is 0 Å². The summed E-state index contributed by atoms with van der Waals surface area (Å²) in [6, 6.07) is 10.2. The second kappa shape index (κ2) is 8.52. The van der Waals surface area contributed by atoms with E-state index >= 15 is 0 Å². The molecule has 0 radical (unpaired) electrons. The molecule has 1 saturated carbocycles. The summed E-state index contributed by atoms with van der Waals surface area (Å²) in [5.74, 6) is 2.33. The van der Waals surface area contributed by atoms with Gasteiger partial charge in [0.2, 0.25) is 0 Å². The van der Waals surface area contributed by atoms with Crippen LogP contribution in [0.1, 0.15) is 62.9 Å². The molecule has 5 rings (SSSR count). The molecule has 0 spiro atoms. The summed E-state index contributed by atoms with van der Waals surface area (Å²) >= 11 is 0. The van der Waals surface area contributed by atoms with Crippen LogP contribution in [-0.4, -0.2) is 38.1 Å². The maximum atomic E-state index is 10.2. The highest BCUT2D eigenvalue weighted by atomic mass is 16.5. The van der Waals surface area contributed by atoms with Crippen LogP contribution in [0, 0.1) is 0 Å². The Hall–Kier alpha value is -2.97. The molecule has 2 fully saturated rings. The summed E-state index contributed by atoms with van der Waals surface area (Å²) in [6.07, 6.45) is 7.88. The Morgan fingerprint density at radius 3 is 2.41 bits per heavy atom. The number of aliphatic hydroxyl groups is 1. The summed E-state index contributed by atoms with van der Waals surface area (Å²) in [5, 5.41) is 22.1. The van der Waals surface area contributed by atoms with Gasteiger partial charge in [-0.25, -0.2) is 9.67 Å². The first-order valence-corrected chi connectivity index (χ1v) is 11.3. The molecule has 4 heterocycles. The van der Waals surface area contributed by atoms with Crippen molar-refractivity contribution >= 4 is 23.0 Å². The SMILES string of the molecule is CC(C)(O)c1cc(Nc2cc(Nc3cc(C4CC4)nn3C3CCOCC3)ccn2)ccn1. The molecular weight excluding hydrogens is 404 g/mol. The Balaban J connectivity index is 1.36. The van der Waals surface area contributed by atoms with E-state index in [4.69, 9.17) is 9.84 Å². The molecule has 3 N–H and O–H groups in total. The zero-order valence-corrected chi connectivity index (χ0v) is 18.6. The third kappa shape index (κ3) is 4.76. The molecule has 32 heavy (non-hydrogen) atoms. The van der Waals surface area contributed by atoms with Crippen LogP contribution in [0.25, 0.3) is 0 Å². The Kier molecular flexibility index (Phi) is 5.57. The van der Waals surface area contributed by atoms with Gasteiger partial charge in [-0.2, -0.15) is 5.10 Å². The summed E-state index contributed by atoms with van der Waals surface area (Å²) in [6.45, 7) is 5.01. The van der Waals surface area contributed by atoms with Gasteiger partial charge < -0.3 is 20.5 Å². The number of hydrogen-bond donors (Lipinski definition) is 3. The summed E-state index contributed by atoms with van der Waals surface area (Å²) in [5.41, 5.74) is 2.54. The van der Waals surface area contributed by atoms with Crippen molar-refractivity contribution in [3.63, 3.8) is 0 Å². The van der Waals surface area contributed by atoms with Gasteiger partial charge in [0.05, 0.1) is 17.4 Å². The fourth-order valence-electron chi connectivity index (χ4n) is 4.01. The Morgan fingerprint density at radius 1 is 0.969 bits per heavy atom. The topological polar surface area (TPSA) is 97.1 Å². The normalized spacial score (nSPS) is 17.3. The van der Waals surface area contributed by atoms with Gasteiger partial charge in [0.1, 0.15) is 17.2 Å². The van der Waals surface area contributed by atoms with Crippen molar-refractivity contribution in [1.29, 1.82) is 0 Å². The molecule has 0 aromatic carbocycles. The molecule has 0 unspecified atom stereocenters. The van der Waals surface area contributed by atoms with E-state index in [1.807, 2.05) is 24.3 Å². The van der Waals surface area contributed by atoms with Crippen molar-refractivity contribution in [3.05, 3.63) is 54.1 Å². The molecule has 0 atom stereocenters. The van der Waals surface area contributed by atoms with Crippen LogP contribution in [0.3, 0.4) is 0 Å². The van der Waals surface area contributed by atoms with Gasteiger partial charge in [-0.05, 0) is 57.7 Å². The van der Waals surface area contributed by atoms with Gasteiger partial charge in [-0.3, -0.25) is 4.98 Å². The van der Waals surface area contributed by atoms with Crippen LogP contribution < -0.4 is 10.6 Å². The minimum atomic E-state index is -1.00. The highest BCUT2D eigenvalue weighted by Crippen LogP contribution is 2.41. The van der Waals surface area contributed by atoms with Crippen molar-refractivity contribution in [3.8, 4) is 0 Å². The van der Waals surface area contributed by atoms with Crippen LogP contribution in [0.2, 0.25) is 0 Å². The van der Waals surface area contributed by atoms with E-state index in [0.717, 1.165) is 43.2 Å². The van der Waals surface area contributed by atoms with Gasteiger partial charge in [0, 0.05) is 55.0 Å². The molecule has 8 heteroatoms. The van der Waals surface area contributed by atoms with Crippen LogP contribution in [0.4, 0.5) is 23.0 Å². The van der Waals surface area contributed by atoms with E-state index in [1.165, 1.54) is 18.5 Å². The van der Waals surface area contributed by atoms with Gasteiger partial charge in [0.25, 0.3) is 0 Å². The van der Waals surface area contributed by atoms with Crippen molar-refractivity contribution in [2.75, 3.05) is 23.8 Å². The molecule has 1 aliphatic heterocycles. The molecule has 3 aromatic rings. The van der Waals surface area contributed by atoms with E-state index in [0.29, 0.717) is 23.5 Å². The third-order valence-corrected chi connectivity index (χ3v) is 5.98. The minimum absolute atomic E-state index is 0.357. The van der Waals surface area contributed by atoms with Gasteiger partial charge >= 0.3 is 0 Å². The van der Waals surface area contributed by atoms with Crippen molar-refractivity contribution in [1.82, 2.24) is 19.7 Å². The number of anilines is 4. The highest BCUT2D eigenvalue weighted by molar-refractivity contribution is 5.64. The average molecular weight is 435 g/mol. The molecule has 1 aliphatic carbocycles. The number of ether oxygens (including phenoxy) is 1. The number of aromatic nitrogens is 4. The van der Waals surface area contributed by atoms with Gasteiger partial charge in [-0.15, -0.1) is 0 Å². The number of nitrogens with one attached hydrogen (secondary N) is 2. The summed E-state index contributed by atoms with van der Waals surface area (Å²) in [7, 11) is 0. The maximum Gasteiger partial charge on any atom is 0.132 e. The lowest BCUT2D eigenvalue weighted by molar-refractivity contribution is 0.0667. The van der Waals surface area contributed by atoms with Gasteiger partial charge in [0.15, 0.2) is 0 Å². The largest absolute Gasteiger partial charge is 0.384 e. The fourth-order valence-corrected chi connectivity index (χ4v) is 4.01. The fraction of sp³-hybridized carbons (Fsp3) is 0.458. The lowest BCUT2D eigenvalue weighted by atomic mass is 10.0. The molecular formula is C24H30N6O2. The first kappa shape index (κ1) is 20.9. The van der Waals surface area contributed by atoms with E-state index < -0.39 is 5.60 Å². The van der Waals surface area contributed by atoms with E-state index in [-0.39, 0.29) is 0 Å². The Bertz CT molecular complexity index is 1080.